The summed E-state index contributed by atoms with van der Waals surface area (Å²) in [5, 5.41) is 2.57. The van der Waals surface area contributed by atoms with E-state index < -0.39 is 23.1 Å². The number of nitrogens with one attached hydrogen (secondary N) is 1. The lowest BCUT2D eigenvalue weighted by molar-refractivity contribution is -0.151. The molecule has 0 aliphatic rings. The second-order valence-corrected chi connectivity index (χ2v) is 5.40. The first-order valence-electron chi connectivity index (χ1n) is 5.81. The van der Waals surface area contributed by atoms with E-state index in [1.807, 2.05) is 0 Å². The molecule has 0 spiro atoms. The van der Waals surface area contributed by atoms with Crippen LogP contribution in [0.2, 0.25) is 0 Å². The van der Waals surface area contributed by atoms with E-state index in [0.717, 1.165) is 0 Å². The van der Waals surface area contributed by atoms with Crippen LogP contribution in [0.3, 0.4) is 0 Å². The first kappa shape index (κ1) is 16.5. The van der Waals surface area contributed by atoms with E-state index in [1.54, 1.807) is 33.8 Å². The number of rotatable bonds is 5. The van der Waals surface area contributed by atoms with Gasteiger partial charge in [-0.2, -0.15) is 0 Å². The Hall–Kier alpha value is -1.52. The first-order valence-corrected chi connectivity index (χ1v) is 5.81. The molecule has 0 bridgehead atoms. The zero-order valence-electron chi connectivity index (χ0n) is 11.8. The third-order valence-corrected chi connectivity index (χ3v) is 2.29. The average Bonchev–Trinajstić information content (AvgIpc) is 2.23. The van der Waals surface area contributed by atoms with Crippen molar-refractivity contribution in [2.45, 2.75) is 39.7 Å². The van der Waals surface area contributed by atoms with E-state index in [1.165, 1.54) is 7.11 Å². The van der Waals surface area contributed by atoms with Gasteiger partial charge >= 0.3 is 12.1 Å². The third-order valence-electron chi connectivity index (χ3n) is 2.29. The number of amides is 1. The van der Waals surface area contributed by atoms with Gasteiger partial charge in [0, 0.05) is 6.54 Å². The van der Waals surface area contributed by atoms with E-state index in [-0.39, 0.29) is 6.54 Å². The fourth-order valence-electron chi connectivity index (χ4n) is 1.37. The Kier molecular flexibility index (Phi) is 5.88. The highest BCUT2D eigenvalue weighted by Crippen LogP contribution is 2.22. The quantitative estimate of drug-likeness (QED) is 0.606. The fourth-order valence-corrected chi connectivity index (χ4v) is 1.37. The van der Waals surface area contributed by atoms with Crippen LogP contribution in [0.4, 0.5) is 4.79 Å². The Morgan fingerprint density at radius 1 is 1.28 bits per heavy atom. The number of hydrogen-bond donors (Lipinski definition) is 1. The Bertz CT molecular complexity index is 319. The van der Waals surface area contributed by atoms with E-state index in [0.29, 0.717) is 6.42 Å². The van der Waals surface area contributed by atoms with Crippen LogP contribution in [0.25, 0.3) is 0 Å². The van der Waals surface area contributed by atoms with Crippen molar-refractivity contribution >= 4 is 12.1 Å². The highest BCUT2D eigenvalue weighted by molar-refractivity contribution is 5.78. The topological polar surface area (TPSA) is 64.6 Å². The summed E-state index contributed by atoms with van der Waals surface area (Å²) in [4.78, 5) is 23.2. The van der Waals surface area contributed by atoms with Crippen molar-refractivity contribution in [2.24, 2.45) is 5.41 Å². The zero-order chi connectivity index (χ0) is 14.4. The third kappa shape index (κ3) is 5.70. The number of esters is 1. The number of ether oxygens (including phenoxy) is 2. The van der Waals surface area contributed by atoms with Crippen molar-refractivity contribution in [3.05, 3.63) is 12.7 Å². The molecular formula is C13H23NO4. The molecule has 0 aromatic carbocycles. The monoisotopic (exact) mass is 257 g/mol. The Balaban J connectivity index is 4.49. The molecule has 0 aliphatic heterocycles. The van der Waals surface area contributed by atoms with Gasteiger partial charge in [0.15, 0.2) is 0 Å². The van der Waals surface area contributed by atoms with Crippen LogP contribution in [0.1, 0.15) is 34.1 Å². The minimum atomic E-state index is -0.826. The fraction of sp³-hybridized carbons (Fsp3) is 0.692. The molecule has 0 aliphatic carbocycles. The summed E-state index contributed by atoms with van der Waals surface area (Å²) in [6.07, 6.45) is 1.48. The molecule has 18 heavy (non-hydrogen) atoms. The normalized spacial score (nSPS) is 14.3. The second-order valence-electron chi connectivity index (χ2n) is 5.40. The first-order chi connectivity index (χ1) is 8.14. The Labute approximate surface area is 109 Å². The van der Waals surface area contributed by atoms with Crippen LogP contribution in [-0.4, -0.2) is 31.3 Å². The molecule has 0 saturated carbocycles. The molecule has 0 unspecified atom stereocenters. The maximum Gasteiger partial charge on any atom is 0.407 e. The molecular weight excluding hydrogens is 234 g/mol. The van der Waals surface area contributed by atoms with E-state index in [9.17, 15) is 9.59 Å². The smallest absolute Gasteiger partial charge is 0.407 e. The molecule has 5 heteroatoms. The van der Waals surface area contributed by atoms with Gasteiger partial charge in [-0.15, -0.1) is 6.58 Å². The molecule has 0 rings (SSSR count). The molecule has 0 aromatic rings. The average molecular weight is 257 g/mol. The predicted molar refractivity (Wildman–Crippen MR) is 69.2 cm³/mol. The van der Waals surface area contributed by atoms with Gasteiger partial charge in [0.1, 0.15) is 5.60 Å². The van der Waals surface area contributed by atoms with Crippen molar-refractivity contribution in [2.75, 3.05) is 13.7 Å². The van der Waals surface area contributed by atoms with E-state index in [4.69, 9.17) is 9.47 Å². The Morgan fingerprint density at radius 2 is 1.83 bits per heavy atom. The molecule has 1 N–H and O–H groups in total. The van der Waals surface area contributed by atoms with Crippen LogP contribution in [0, 0.1) is 5.41 Å². The van der Waals surface area contributed by atoms with Crippen LogP contribution in [0.5, 0.6) is 0 Å². The lowest BCUT2D eigenvalue weighted by Crippen LogP contribution is -2.43. The van der Waals surface area contributed by atoms with Crippen LogP contribution in [-0.2, 0) is 14.3 Å². The summed E-state index contributed by atoms with van der Waals surface area (Å²) in [7, 11) is 1.32. The van der Waals surface area contributed by atoms with Crippen molar-refractivity contribution in [3.8, 4) is 0 Å². The van der Waals surface area contributed by atoms with Gasteiger partial charge in [-0.1, -0.05) is 6.08 Å². The van der Waals surface area contributed by atoms with Gasteiger partial charge in [-0.25, -0.2) is 4.79 Å². The van der Waals surface area contributed by atoms with Gasteiger partial charge in [-0.3, -0.25) is 4.79 Å². The van der Waals surface area contributed by atoms with E-state index in [2.05, 4.69) is 11.9 Å². The highest BCUT2D eigenvalue weighted by Gasteiger charge is 2.34. The van der Waals surface area contributed by atoms with Gasteiger partial charge in [-0.05, 0) is 34.1 Å². The van der Waals surface area contributed by atoms with Gasteiger partial charge in [0.25, 0.3) is 0 Å². The summed E-state index contributed by atoms with van der Waals surface area (Å²) >= 11 is 0. The van der Waals surface area contributed by atoms with Crippen LogP contribution < -0.4 is 5.32 Å². The number of allylic oxidation sites excluding steroid dienone is 1. The molecule has 0 saturated heterocycles. The summed E-state index contributed by atoms with van der Waals surface area (Å²) < 4.78 is 9.82. The minimum Gasteiger partial charge on any atom is -0.469 e. The van der Waals surface area contributed by atoms with Crippen LogP contribution in [0.15, 0.2) is 12.7 Å². The lowest BCUT2D eigenvalue weighted by atomic mass is 9.87. The summed E-state index contributed by atoms with van der Waals surface area (Å²) in [6, 6.07) is 0. The SMILES string of the molecule is C=CC[C@](C)(CNC(=O)OC(C)(C)C)C(=O)OC. The lowest BCUT2D eigenvalue weighted by Gasteiger charge is -2.26. The largest absolute Gasteiger partial charge is 0.469 e. The van der Waals surface area contributed by atoms with Crippen molar-refractivity contribution in [3.63, 3.8) is 0 Å². The second kappa shape index (κ2) is 6.42. The van der Waals surface area contributed by atoms with Crippen molar-refractivity contribution in [1.82, 2.24) is 5.32 Å². The van der Waals surface area contributed by atoms with E-state index >= 15 is 0 Å². The summed E-state index contributed by atoms with van der Waals surface area (Å²) in [6.45, 7) is 10.8. The highest BCUT2D eigenvalue weighted by atomic mass is 16.6. The maximum atomic E-state index is 11.7. The molecule has 0 heterocycles. The van der Waals surface area contributed by atoms with Crippen LogP contribution >= 0.6 is 0 Å². The van der Waals surface area contributed by atoms with Crippen molar-refractivity contribution < 1.29 is 19.1 Å². The molecule has 0 aromatic heterocycles. The number of alkyl carbamates (subject to hydrolysis) is 1. The summed E-state index contributed by atoms with van der Waals surface area (Å²) in [5.41, 5.74) is -1.39. The van der Waals surface area contributed by atoms with Gasteiger partial charge < -0.3 is 14.8 Å². The minimum absolute atomic E-state index is 0.139. The number of carbonyl (C=O) groups is 2. The number of hydrogen-bond acceptors (Lipinski definition) is 4. The predicted octanol–water partition coefficient (Wildman–Crippen LogP) is 2.27. The number of methoxy groups -OCH3 is 1. The maximum absolute atomic E-state index is 11.7. The van der Waals surface area contributed by atoms with Gasteiger partial charge in [0.05, 0.1) is 12.5 Å². The molecule has 104 valence electrons. The molecule has 1 amide bonds. The Morgan fingerprint density at radius 3 is 2.22 bits per heavy atom. The molecule has 5 nitrogen and oxygen atoms in total. The number of carbonyl (C=O) groups excluding carboxylic acids is 2. The van der Waals surface area contributed by atoms with Crippen molar-refractivity contribution in [1.29, 1.82) is 0 Å². The molecule has 0 fully saturated rings. The standard InChI is InChI=1S/C13H23NO4/c1-7-8-13(5,10(15)17-6)9-14-11(16)18-12(2,3)4/h7H,1,8-9H2,2-6H3,(H,14,16)/t13-/m1/s1. The summed E-state index contributed by atoms with van der Waals surface area (Å²) in [5.74, 6) is -0.390. The molecule has 0 radical (unpaired) electrons. The molecule has 1 atom stereocenters. The zero-order valence-corrected chi connectivity index (χ0v) is 11.8. The van der Waals surface area contributed by atoms with Gasteiger partial charge in [0.2, 0.25) is 0 Å².